The molecule has 0 radical (unpaired) electrons. The Labute approximate surface area is 182 Å². The van der Waals surface area contributed by atoms with Crippen molar-refractivity contribution >= 4 is 23.1 Å². The molecule has 160 valence electrons. The minimum absolute atomic E-state index is 0.0111. The number of anilines is 4. The molecule has 2 aromatic carbocycles. The largest absolute Gasteiger partial charge is 0.484 e. The van der Waals surface area contributed by atoms with E-state index in [0.29, 0.717) is 34.4 Å². The molecule has 0 unspecified atom stereocenters. The monoisotopic (exact) mass is 431 g/mol. The molecule has 0 spiro atoms. The zero-order valence-electron chi connectivity index (χ0n) is 17.3. The number of nitrogens with one attached hydrogen (secondary N) is 2. The van der Waals surface area contributed by atoms with E-state index in [4.69, 9.17) is 14.5 Å². The molecule has 0 aliphatic carbocycles. The Morgan fingerprint density at radius 3 is 2.75 bits per heavy atom. The molecule has 0 fully saturated rings. The molecule has 0 aliphatic rings. The van der Waals surface area contributed by atoms with E-state index in [9.17, 15) is 4.39 Å². The van der Waals surface area contributed by atoms with Crippen molar-refractivity contribution in [2.45, 2.75) is 20.5 Å². The van der Waals surface area contributed by atoms with Crippen LogP contribution in [0.4, 0.5) is 27.5 Å². The molecule has 2 aromatic heterocycles. The molecule has 0 saturated heterocycles. The topological polar surface area (TPSA) is 122 Å². The fourth-order valence-corrected chi connectivity index (χ4v) is 2.85. The summed E-state index contributed by atoms with van der Waals surface area (Å²) in [5.74, 6) is 1.12. The highest BCUT2D eigenvalue weighted by Crippen LogP contribution is 2.26. The van der Waals surface area contributed by atoms with Crippen molar-refractivity contribution in [2.24, 2.45) is 0 Å². The summed E-state index contributed by atoms with van der Waals surface area (Å²) in [5.41, 5.74) is 2.58. The first-order valence-corrected chi connectivity index (χ1v) is 9.59. The number of benzene rings is 2. The molecule has 0 amide bonds. The SMILES string of the molecule is Cc1noc(COc2ccc(Nc3nc(Nc4cccc(C#N)c4)ncc3F)c(C)c2)n1. The van der Waals surface area contributed by atoms with Crippen LogP contribution in [0.2, 0.25) is 0 Å². The van der Waals surface area contributed by atoms with Gasteiger partial charge in [-0.05, 0) is 55.8 Å². The summed E-state index contributed by atoms with van der Waals surface area (Å²) in [6, 6.07) is 14.2. The van der Waals surface area contributed by atoms with Crippen LogP contribution in [0.25, 0.3) is 0 Å². The van der Waals surface area contributed by atoms with E-state index in [0.717, 1.165) is 11.8 Å². The molecule has 0 bridgehead atoms. The Balaban J connectivity index is 1.47. The minimum atomic E-state index is -0.604. The molecule has 0 saturated carbocycles. The molecule has 10 heteroatoms. The summed E-state index contributed by atoms with van der Waals surface area (Å²) < 4.78 is 25.0. The maximum atomic E-state index is 14.3. The normalized spacial score (nSPS) is 10.4. The van der Waals surface area contributed by atoms with E-state index >= 15 is 0 Å². The first-order valence-electron chi connectivity index (χ1n) is 9.59. The van der Waals surface area contributed by atoms with Crippen molar-refractivity contribution < 1.29 is 13.7 Å². The van der Waals surface area contributed by atoms with E-state index in [1.54, 1.807) is 49.4 Å². The molecule has 9 nitrogen and oxygen atoms in total. The molecule has 32 heavy (non-hydrogen) atoms. The average molecular weight is 431 g/mol. The van der Waals surface area contributed by atoms with Gasteiger partial charge in [0.25, 0.3) is 5.89 Å². The van der Waals surface area contributed by atoms with E-state index in [1.165, 1.54) is 0 Å². The maximum absolute atomic E-state index is 14.3. The van der Waals surface area contributed by atoms with Crippen LogP contribution >= 0.6 is 0 Å². The molecular formula is C22H18FN7O2. The van der Waals surface area contributed by atoms with Crippen LogP contribution in [-0.4, -0.2) is 20.1 Å². The molecular weight excluding hydrogens is 413 g/mol. The van der Waals surface area contributed by atoms with Crippen molar-refractivity contribution in [3.63, 3.8) is 0 Å². The van der Waals surface area contributed by atoms with Crippen molar-refractivity contribution in [1.29, 1.82) is 5.26 Å². The van der Waals surface area contributed by atoms with Gasteiger partial charge in [-0.2, -0.15) is 15.2 Å². The lowest BCUT2D eigenvalue weighted by molar-refractivity contribution is 0.242. The third-order valence-corrected chi connectivity index (χ3v) is 4.37. The Morgan fingerprint density at radius 1 is 1.12 bits per heavy atom. The highest BCUT2D eigenvalue weighted by atomic mass is 19.1. The number of aromatic nitrogens is 4. The van der Waals surface area contributed by atoms with Gasteiger partial charge in [-0.3, -0.25) is 0 Å². The molecule has 4 rings (SSSR count). The van der Waals surface area contributed by atoms with Crippen LogP contribution in [0.15, 0.2) is 53.2 Å². The Hall–Kier alpha value is -4.52. The third-order valence-electron chi connectivity index (χ3n) is 4.37. The van der Waals surface area contributed by atoms with E-state index in [1.807, 2.05) is 6.92 Å². The first kappa shape index (κ1) is 20.7. The Morgan fingerprint density at radius 2 is 2.00 bits per heavy atom. The quantitative estimate of drug-likeness (QED) is 0.434. The van der Waals surface area contributed by atoms with Crippen LogP contribution in [0.1, 0.15) is 22.8 Å². The van der Waals surface area contributed by atoms with Crippen LogP contribution in [0.5, 0.6) is 5.75 Å². The van der Waals surface area contributed by atoms with Gasteiger partial charge in [-0.15, -0.1) is 0 Å². The second kappa shape index (κ2) is 9.09. The zero-order valence-corrected chi connectivity index (χ0v) is 17.3. The standard InChI is InChI=1S/C22H18FN7O2/c1-13-8-17(31-12-20-26-14(2)30-32-20)6-7-19(13)28-21-18(23)11-25-22(29-21)27-16-5-3-4-15(9-16)10-24/h3-9,11H,12H2,1-2H3,(H2,25,27,28,29). The zero-order chi connectivity index (χ0) is 22.5. The molecule has 0 atom stereocenters. The van der Waals surface area contributed by atoms with Gasteiger partial charge in [0, 0.05) is 11.4 Å². The fourth-order valence-electron chi connectivity index (χ4n) is 2.85. The number of nitrogens with zero attached hydrogens (tertiary/aromatic N) is 5. The first-order chi connectivity index (χ1) is 15.5. The van der Waals surface area contributed by atoms with E-state index < -0.39 is 5.82 Å². The predicted octanol–water partition coefficient (Wildman–Crippen LogP) is 4.55. The number of ether oxygens (including phenoxy) is 1. The van der Waals surface area contributed by atoms with Crippen molar-refractivity contribution in [1.82, 2.24) is 20.1 Å². The number of hydrogen-bond acceptors (Lipinski definition) is 9. The predicted molar refractivity (Wildman–Crippen MR) is 114 cm³/mol. The van der Waals surface area contributed by atoms with E-state index in [2.05, 4.69) is 36.8 Å². The summed E-state index contributed by atoms with van der Waals surface area (Å²) in [5, 5.41) is 18.7. The van der Waals surface area contributed by atoms with Gasteiger partial charge in [-0.25, -0.2) is 9.37 Å². The summed E-state index contributed by atoms with van der Waals surface area (Å²) in [6.07, 6.45) is 1.07. The summed E-state index contributed by atoms with van der Waals surface area (Å²) >= 11 is 0. The average Bonchev–Trinajstić information content (AvgIpc) is 3.21. The maximum Gasteiger partial charge on any atom is 0.264 e. The van der Waals surface area contributed by atoms with Gasteiger partial charge < -0.3 is 19.9 Å². The molecule has 2 heterocycles. The van der Waals surface area contributed by atoms with Crippen molar-refractivity contribution in [2.75, 3.05) is 10.6 Å². The second-order valence-electron chi connectivity index (χ2n) is 6.83. The number of hydrogen-bond donors (Lipinski definition) is 2. The molecule has 0 aliphatic heterocycles. The number of nitriles is 1. The number of rotatable bonds is 7. The van der Waals surface area contributed by atoms with Gasteiger partial charge in [0.2, 0.25) is 5.95 Å². The van der Waals surface area contributed by atoms with E-state index in [-0.39, 0.29) is 18.4 Å². The Kier molecular flexibility index (Phi) is 5.89. The van der Waals surface area contributed by atoms with Gasteiger partial charge in [0.15, 0.2) is 24.1 Å². The van der Waals surface area contributed by atoms with Crippen molar-refractivity contribution in [3.05, 3.63) is 77.3 Å². The minimum Gasteiger partial charge on any atom is -0.484 e. The fraction of sp³-hybridized carbons (Fsp3) is 0.136. The summed E-state index contributed by atoms with van der Waals surface area (Å²) in [4.78, 5) is 12.3. The van der Waals surface area contributed by atoms with Gasteiger partial charge in [0.1, 0.15) is 5.75 Å². The lowest BCUT2D eigenvalue weighted by atomic mass is 10.2. The lowest BCUT2D eigenvalue weighted by Crippen LogP contribution is -2.04. The third kappa shape index (κ3) is 4.96. The van der Waals surface area contributed by atoms with Gasteiger partial charge in [-0.1, -0.05) is 11.2 Å². The van der Waals surface area contributed by atoms with Crippen LogP contribution in [-0.2, 0) is 6.61 Å². The lowest BCUT2D eigenvalue weighted by Gasteiger charge is -2.13. The van der Waals surface area contributed by atoms with Crippen LogP contribution < -0.4 is 15.4 Å². The summed E-state index contributed by atoms with van der Waals surface area (Å²) in [6.45, 7) is 3.74. The van der Waals surface area contributed by atoms with Gasteiger partial charge in [0.05, 0.1) is 17.8 Å². The Bertz CT molecular complexity index is 1300. The smallest absolute Gasteiger partial charge is 0.264 e. The number of aryl methyl sites for hydroxylation is 2. The summed E-state index contributed by atoms with van der Waals surface area (Å²) in [7, 11) is 0. The van der Waals surface area contributed by atoms with Crippen molar-refractivity contribution in [3.8, 4) is 11.8 Å². The van der Waals surface area contributed by atoms with Gasteiger partial charge >= 0.3 is 0 Å². The highest BCUT2D eigenvalue weighted by Gasteiger charge is 2.11. The molecule has 2 N–H and O–H groups in total. The number of halogens is 1. The van der Waals surface area contributed by atoms with Crippen LogP contribution in [0.3, 0.4) is 0 Å². The van der Waals surface area contributed by atoms with Crippen LogP contribution in [0, 0.1) is 31.0 Å². The second-order valence-corrected chi connectivity index (χ2v) is 6.83. The highest BCUT2D eigenvalue weighted by molar-refractivity contribution is 5.64. The molecule has 4 aromatic rings.